The van der Waals surface area contributed by atoms with E-state index in [2.05, 4.69) is 5.32 Å². The zero-order valence-corrected chi connectivity index (χ0v) is 15.8. The van der Waals surface area contributed by atoms with Gasteiger partial charge in [0.2, 0.25) is 15.9 Å². The van der Waals surface area contributed by atoms with E-state index in [1.165, 1.54) is 32.3 Å². The first-order valence-electron chi connectivity index (χ1n) is 8.08. The number of amides is 1. The number of hydrogen-bond acceptors (Lipinski definition) is 4. The molecule has 0 aliphatic rings. The molecule has 26 heavy (non-hydrogen) atoms. The number of carbonyl (C=O) groups excluding carboxylic acids is 1. The highest BCUT2D eigenvalue weighted by atomic mass is 32.2. The van der Waals surface area contributed by atoms with E-state index in [4.69, 9.17) is 4.74 Å². The molecule has 0 aromatic heterocycles. The molecule has 0 aliphatic carbocycles. The fraction of sp³-hybridized carbons (Fsp3) is 0.211. The minimum Gasteiger partial charge on any atom is -0.493 e. The van der Waals surface area contributed by atoms with E-state index in [-0.39, 0.29) is 10.8 Å². The van der Waals surface area contributed by atoms with Crippen LogP contribution in [0.15, 0.2) is 59.5 Å². The Labute approximate surface area is 154 Å². The fourth-order valence-corrected chi connectivity index (χ4v) is 3.08. The Bertz CT molecular complexity index is 888. The second kappa shape index (κ2) is 8.64. The zero-order chi connectivity index (χ0) is 19.2. The molecular formula is C19H22N2O4S. The highest BCUT2D eigenvalue weighted by Crippen LogP contribution is 2.20. The van der Waals surface area contributed by atoms with Crippen molar-refractivity contribution in [1.82, 2.24) is 4.31 Å². The first kappa shape index (κ1) is 19.7. The summed E-state index contributed by atoms with van der Waals surface area (Å²) in [5, 5.41) is 2.70. The minimum absolute atomic E-state index is 0.168. The monoisotopic (exact) mass is 374 g/mol. The van der Waals surface area contributed by atoms with Crippen LogP contribution in [0.4, 0.5) is 5.69 Å². The molecule has 0 atom stereocenters. The molecule has 1 N–H and O–H groups in total. The lowest BCUT2D eigenvalue weighted by Gasteiger charge is -2.11. The summed E-state index contributed by atoms with van der Waals surface area (Å²) >= 11 is 0. The number of ether oxygens (including phenoxy) is 1. The summed E-state index contributed by atoms with van der Waals surface area (Å²) < 4.78 is 30.7. The van der Waals surface area contributed by atoms with Gasteiger partial charge in [-0.05, 0) is 43.3 Å². The molecule has 0 bridgehead atoms. The average Bonchev–Trinajstić information content (AvgIpc) is 2.61. The second-order valence-electron chi connectivity index (χ2n) is 5.61. The molecule has 0 aliphatic heterocycles. The zero-order valence-electron chi connectivity index (χ0n) is 15.0. The van der Waals surface area contributed by atoms with Crippen molar-refractivity contribution >= 4 is 27.7 Å². The number of para-hydroxylation sites is 1. The first-order valence-corrected chi connectivity index (χ1v) is 9.52. The Morgan fingerprint density at radius 1 is 1.12 bits per heavy atom. The van der Waals surface area contributed by atoms with Gasteiger partial charge in [-0.3, -0.25) is 4.79 Å². The van der Waals surface area contributed by atoms with Crippen LogP contribution in [0.3, 0.4) is 0 Å². The molecule has 6 nitrogen and oxygen atoms in total. The van der Waals surface area contributed by atoms with Gasteiger partial charge < -0.3 is 10.1 Å². The average molecular weight is 374 g/mol. The van der Waals surface area contributed by atoms with Crippen molar-refractivity contribution in [3.05, 3.63) is 60.2 Å². The maximum atomic E-state index is 12.1. The first-order chi connectivity index (χ1) is 12.3. The highest BCUT2D eigenvalue weighted by Gasteiger charge is 2.16. The van der Waals surface area contributed by atoms with Gasteiger partial charge in [0.15, 0.2) is 0 Å². The van der Waals surface area contributed by atoms with Gasteiger partial charge in [-0.25, -0.2) is 12.7 Å². The molecule has 0 spiro atoms. The summed E-state index contributed by atoms with van der Waals surface area (Å²) in [7, 11) is -0.550. The lowest BCUT2D eigenvalue weighted by atomic mass is 10.2. The molecule has 0 heterocycles. The predicted molar refractivity (Wildman–Crippen MR) is 103 cm³/mol. The minimum atomic E-state index is -3.49. The number of nitrogens with one attached hydrogen (secondary N) is 1. The number of carbonyl (C=O) groups is 1. The van der Waals surface area contributed by atoms with Gasteiger partial charge in [-0.15, -0.1) is 0 Å². The van der Waals surface area contributed by atoms with E-state index in [0.29, 0.717) is 18.0 Å². The summed E-state index contributed by atoms with van der Waals surface area (Å²) in [5.74, 6) is 0.386. The smallest absolute Gasteiger partial charge is 0.248 e. The van der Waals surface area contributed by atoms with Crippen LogP contribution in [-0.4, -0.2) is 39.3 Å². The van der Waals surface area contributed by atoms with E-state index in [1.807, 2.05) is 31.2 Å². The Morgan fingerprint density at radius 2 is 1.77 bits per heavy atom. The third kappa shape index (κ3) is 4.93. The summed E-state index contributed by atoms with van der Waals surface area (Å²) in [4.78, 5) is 12.2. The number of benzene rings is 2. The van der Waals surface area contributed by atoms with E-state index in [0.717, 1.165) is 9.87 Å². The Kier molecular flexibility index (Phi) is 6.54. The fourth-order valence-electron chi connectivity index (χ4n) is 2.18. The second-order valence-corrected chi connectivity index (χ2v) is 7.76. The van der Waals surface area contributed by atoms with Crippen LogP contribution in [0.5, 0.6) is 5.75 Å². The Hall–Kier alpha value is -2.64. The number of nitrogens with zero attached hydrogens (tertiary/aromatic N) is 1. The maximum absolute atomic E-state index is 12.1. The highest BCUT2D eigenvalue weighted by molar-refractivity contribution is 7.89. The third-order valence-electron chi connectivity index (χ3n) is 3.53. The van der Waals surface area contributed by atoms with Gasteiger partial charge in [0, 0.05) is 31.4 Å². The lowest BCUT2D eigenvalue weighted by molar-refractivity contribution is -0.111. The summed E-state index contributed by atoms with van der Waals surface area (Å²) in [6.07, 6.45) is 3.08. The van der Waals surface area contributed by atoms with Gasteiger partial charge in [0.05, 0.1) is 11.5 Å². The standard InChI is InChI=1S/C19H22N2O4S/c1-4-25-18-8-6-5-7-15(18)9-14-19(22)20-16-10-12-17(13-11-16)26(23,24)21(2)3/h5-14H,4H2,1-3H3,(H,20,22)/b14-9+. The van der Waals surface area contributed by atoms with Gasteiger partial charge in [0.1, 0.15) is 5.75 Å². The van der Waals surface area contributed by atoms with Crippen LogP contribution in [0.1, 0.15) is 12.5 Å². The lowest BCUT2D eigenvalue weighted by Crippen LogP contribution is -2.22. The van der Waals surface area contributed by atoms with Crippen LogP contribution in [0.2, 0.25) is 0 Å². The molecule has 2 aromatic carbocycles. The van der Waals surface area contributed by atoms with Crippen LogP contribution in [-0.2, 0) is 14.8 Å². The van der Waals surface area contributed by atoms with Crippen molar-refractivity contribution in [1.29, 1.82) is 0 Å². The summed E-state index contributed by atoms with van der Waals surface area (Å²) in [6, 6.07) is 13.4. The van der Waals surface area contributed by atoms with Crippen molar-refractivity contribution in [2.24, 2.45) is 0 Å². The van der Waals surface area contributed by atoms with Crippen LogP contribution in [0.25, 0.3) is 6.08 Å². The normalized spacial score (nSPS) is 11.7. The number of anilines is 1. The molecule has 0 fully saturated rings. The number of hydrogen-bond donors (Lipinski definition) is 1. The van der Waals surface area contributed by atoms with E-state index >= 15 is 0 Å². The van der Waals surface area contributed by atoms with Gasteiger partial charge in [-0.1, -0.05) is 18.2 Å². The molecule has 0 radical (unpaired) electrons. The SMILES string of the molecule is CCOc1ccccc1/C=C/C(=O)Nc1ccc(S(=O)(=O)N(C)C)cc1. The largest absolute Gasteiger partial charge is 0.493 e. The van der Waals surface area contributed by atoms with E-state index < -0.39 is 10.0 Å². The molecule has 0 unspecified atom stereocenters. The van der Waals surface area contributed by atoms with Crippen molar-refractivity contribution < 1.29 is 17.9 Å². The molecule has 0 saturated carbocycles. The van der Waals surface area contributed by atoms with Crippen molar-refractivity contribution in [2.45, 2.75) is 11.8 Å². The molecule has 7 heteroatoms. The maximum Gasteiger partial charge on any atom is 0.248 e. The molecular weight excluding hydrogens is 352 g/mol. The number of sulfonamides is 1. The van der Waals surface area contributed by atoms with E-state index in [9.17, 15) is 13.2 Å². The number of rotatable bonds is 7. The van der Waals surface area contributed by atoms with Crippen LogP contribution in [0, 0.1) is 0 Å². The third-order valence-corrected chi connectivity index (χ3v) is 5.36. The van der Waals surface area contributed by atoms with Crippen molar-refractivity contribution in [3.63, 3.8) is 0 Å². The molecule has 2 rings (SSSR count). The van der Waals surface area contributed by atoms with Crippen LogP contribution < -0.4 is 10.1 Å². The van der Waals surface area contributed by atoms with Gasteiger partial charge >= 0.3 is 0 Å². The predicted octanol–water partition coefficient (Wildman–Crippen LogP) is 2.99. The van der Waals surface area contributed by atoms with Crippen molar-refractivity contribution in [2.75, 3.05) is 26.0 Å². The molecule has 1 amide bonds. The molecule has 0 saturated heterocycles. The molecule has 2 aromatic rings. The van der Waals surface area contributed by atoms with Gasteiger partial charge in [-0.2, -0.15) is 0 Å². The summed E-state index contributed by atoms with van der Waals surface area (Å²) in [6.45, 7) is 2.44. The van der Waals surface area contributed by atoms with Gasteiger partial charge in [0.25, 0.3) is 0 Å². The van der Waals surface area contributed by atoms with E-state index in [1.54, 1.807) is 18.2 Å². The quantitative estimate of drug-likeness (QED) is 0.756. The Balaban J connectivity index is 2.07. The Morgan fingerprint density at radius 3 is 2.38 bits per heavy atom. The molecule has 138 valence electrons. The van der Waals surface area contributed by atoms with Crippen molar-refractivity contribution in [3.8, 4) is 5.75 Å². The summed E-state index contributed by atoms with van der Waals surface area (Å²) in [5.41, 5.74) is 1.31. The topological polar surface area (TPSA) is 75.7 Å². The van der Waals surface area contributed by atoms with Crippen LogP contribution >= 0.6 is 0 Å².